The molecule has 1 unspecified atom stereocenters. The van der Waals surface area contributed by atoms with Crippen molar-refractivity contribution in [1.82, 2.24) is 24.1 Å². The first-order valence-electron chi connectivity index (χ1n) is 11.2. The van der Waals surface area contributed by atoms with E-state index in [-0.39, 0.29) is 29.0 Å². The Morgan fingerprint density at radius 2 is 1.83 bits per heavy atom. The molecule has 2 aromatic carbocycles. The van der Waals surface area contributed by atoms with E-state index in [0.29, 0.717) is 16.7 Å². The molecule has 4 rings (SSSR count). The zero-order valence-corrected chi connectivity index (χ0v) is 21.2. The molecule has 0 radical (unpaired) electrons. The van der Waals surface area contributed by atoms with Crippen molar-refractivity contribution in [2.24, 2.45) is 14.1 Å². The van der Waals surface area contributed by atoms with E-state index in [1.165, 1.54) is 16.4 Å². The lowest BCUT2D eigenvalue weighted by atomic mass is 10.2. The molecule has 2 aromatic heterocycles. The smallest absolute Gasteiger partial charge is 0.295 e. The number of carbonyl (C=O) groups excluding carboxylic acids is 1. The van der Waals surface area contributed by atoms with Crippen molar-refractivity contribution in [3.05, 3.63) is 82.0 Å². The maximum Gasteiger partial charge on any atom is 0.295 e. The van der Waals surface area contributed by atoms with E-state index in [9.17, 15) is 9.59 Å². The summed E-state index contributed by atoms with van der Waals surface area (Å²) in [6, 6.07) is 17.1. The van der Waals surface area contributed by atoms with Gasteiger partial charge in [0.25, 0.3) is 5.56 Å². The second kappa shape index (κ2) is 10.2. The van der Waals surface area contributed by atoms with Crippen molar-refractivity contribution < 1.29 is 9.53 Å². The zero-order chi connectivity index (χ0) is 25.1. The predicted molar refractivity (Wildman–Crippen MR) is 136 cm³/mol. The number of aromatic nitrogens is 5. The minimum Gasteiger partial charge on any atom is -0.483 e. The molecule has 35 heavy (non-hydrogen) atoms. The van der Waals surface area contributed by atoms with Gasteiger partial charge in [-0.2, -0.15) is 0 Å². The van der Waals surface area contributed by atoms with Gasteiger partial charge in [0.15, 0.2) is 17.1 Å². The Morgan fingerprint density at radius 3 is 2.54 bits per heavy atom. The minimum absolute atomic E-state index is 0.0816. The largest absolute Gasteiger partial charge is 0.483 e. The fourth-order valence-corrected chi connectivity index (χ4v) is 4.49. The van der Waals surface area contributed by atoms with Gasteiger partial charge in [0, 0.05) is 14.1 Å². The van der Waals surface area contributed by atoms with Gasteiger partial charge in [0.1, 0.15) is 11.4 Å². The molecule has 10 heteroatoms. The van der Waals surface area contributed by atoms with Crippen LogP contribution in [0.25, 0.3) is 5.69 Å². The monoisotopic (exact) mass is 492 g/mol. The maximum atomic E-state index is 13.0. The number of hydrogen-bond donors (Lipinski definition) is 1. The van der Waals surface area contributed by atoms with Crippen LogP contribution in [0.15, 0.2) is 64.5 Å². The number of carbonyl (C=O) groups is 1. The molecule has 0 bridgehead atoms. The average Bonchev–Trinajstić information content (AvgIpc) is 3.30. The van der Waals surface area contributed by atoms with Gasteiger partial charge in [-0.1, -0.05) is 42.1 Å². The van der Waals surface area contributed by atoms with Crippen LogP contribution in [0.1, 0.15) is 30.1 Å². The van der Waals surface area contributed by atoms with Crippen LogP contribution < -0.4 is 15.6 Å². The number of para-hydroxylation sites is 1. The number of rotatable bonds is 8. The van der Waals surface area contributed by atoms with Gasteiger partial charge in [0.2, 0.25) is 5.91 Å². The summed E-state index contributed by atoms with van der Waals surface area (Å²) in [6.07, 6.45) is -0.319. The van der Waals surface area contributed by atoms with Gasteiger partial charge in [0.05, 0.1) is 17.1 Å². The van der Waals surface area contributed by atoms with Gasteiger partial charge in [-0.05, 0) is 50.6 Å². The third-order valence-electron chi connectivity index (χ3n) is 5.69. The molecule has 0 aliphatic heterocycles. The molecule has 0 aliphatic carbocycles. The van der Waals surface area contributed by atoms with Crippen LogP contribution in [0.4, 0.5) is 5.69 Å². The Kier molecular flexibility index (Phi) is 7.11. The third-order valence-corrected chi connectivity index (χ3v) is 6.71. The highest BCUT2D eigenvalue weighted by atomic mass is 32.2. The highest BCUT2D eigenvalue weighted by Gasteiger charge is 2.20. The van der Waals surface area contributed by atoms with E-state index in [2.05, 4.69) is 15.5 Å². The Morgan fingerprint density at radius 1 is 1.09 bits per heavy atom. The summed E-state index contributed by atoms with van der Waals surface area (Å²) in [6.45, 7) is 5.71. The first-order chi connectivity index (χ1) is 16.8. The molecule has 0 fully saturated rings. The lowest BCUT2D eigenvalue weighted by molar-refractivity contribution is -0.113. The van der Waals surface area contributed by atoms with E-state index < -0.39 is 0 Å². The quantitative estimate of drug-likeness (QED) is 0.376. The Hall–Kier alpha value is -3.79. The summed E-state index contributed by atoms with van der Waals surface area (Å²) in [5.41, 5.74) is 2.49. The summed E-state index contributed by atoms with van der Waals surface area (Å²) in [7, 11) is 3.63. The molecule has 4 aromatic rings. The third kappa shape index (κ3) is 5.17. The molecule has 2 heterocycles. The van der Waals surface area contributed by atoms with Crippen molar-refractivity contribution in [3.8, 4) is 11.4 Å². The van der Waals surface area contributed by atoms with E-state index in [1.807, 2.05) is 80.1 Å². The Labute approximate surface area is 207 Å². The molecule has 182 valence electrons. The average molecular weight is 493 g/mol. The summed E-state index contributed by atoms with van der Waals surface area (Å²) in [4.78, 5) is 25.7. The number of aryl methyl sites for hydroxylation is 1. The molecule has 0 saturated heterocycles. The first kappa shape index (κ1) is 24.3. The zero-order valence-electron chi connectivity index (χ0n) is 20.3. The van der Waals surface area contributed by atoms with Crippen molar-refractivity contribution in [2.45, 2.75) is 32.0 Å². The van der Waals surface area contributed by atoms with Crippen molar-refractivity contribution >= 4 is 23.4 Å². The molecule has 1 N–H and O–H groups in total. The number of nitrogens with zero attached hydrogens (tertiary/aromatic N) is 5. The van der Waals surface area contributed by atoms with Crippen molar-refractivity contribution in [2.75, 3.05) is 11.1 Å². The van der Waals surface area contributed by atoms with Crippen molar-refractivity contribution in [3.63, 3.8) is 0 Å². The van der Waals surface area contributed by atoms with Gasteiger partial charge in [-0.25, -0.2) is 4.68 Å². The standard InChI is InChI=1S/C25H28N6O3S/c1-16-10-9-13-20(14-16)34-18(3)23-27-28-25(29(23)4)35-15-21(32)26-22-17(2)30(5)31(24(22)33)19-11-7-6-8-12-19/h6-14,18H,15H2,1-5H3,(H,26,32). The van der Waals surface area contributed by atoms with E-state index in [1.54, 1.807) is 18.7 Å². The summed E-state index contributed by atoms with van der Waals surface area (Å²) < 4.78 is 11.1. The molecule has 0 saturated carbocycles. The van der Waals surface area contributed by atoms with Gasteiger partial charge in [-0.3, -0.25) is 14.3 Å². The molecule has 9 nitrogen and oxygen atoms in total. The maximum absolute atomic E-state index is 13.0. The highest BCUT2D eigenvalue weighted by Crippen LogP contribution is 2.24. The molecule has 1 amide bonds. The number of ether oxygens (including phenoxy) is 1. The fraction of sp³-hybridized carbons (Fsp3) is 0.280. The second-order valence-corrected chi connectivity index (χ2v) is 9.19. The summed E-state index contributed by atoms with van der Waals surface area (Å²) >= 11 is 1.25. The molecule has 0 spiro atoms. The predicted octanol–water partition coefficient (Wildman–Crippen LogP) is 3.79. The van der Waals surface area contributed by atoms with Crippen LogP contribution >= 0.6 is 11.8 Å². The van der Waals surface area contributed by atoms with E-state index in [0.717, 1.165) is 17.0 Å². The number of benzene rings is 2. The van der Waals surface area contributed by atoms with E-state index >= 15 is 0 Å². The fourth-order valence-electron chi connectivity index (χ4n) is 3.77. The van der Waals surface area contributed by atoms with Crippen LogP contribution in [-0.2, 0) is 18.9 Å². The molecular weight excluding hydrogens is 464 g/mol. The van der Waals surface area contributed by atoms with Gasteiger partial charge < -0.3 is 14.6 Å². The number of thioether (sulfide) groups is 1. The van der Waals surface area contributed by atoms with Crippen LogP contribution in [0.5, 0.6) is 5.75 Å². The number of hydrogen-bond acceptors (Lipinski definition) is 6. The topological polar surface area (TPSA) is 96.0 Å². The molecule has 0 aliphatic rings. The first-order valence-corrected chi connectivity index (χ1v) is 12.1. The molecular formula is C25H28N6O3S. The van der Waals surface area contributed by atoms with Crippen LogP contribution in [-0.4, -0.2) is 35.8 Å². The SMILES string of the molecule is Cc1cccc(OC(C)c2nnc(SCC(=O)Nc3c(C)n(C)n(-c4ccccc4)c3=O)n2C)c1. The Bertz CT molecular complexity index is 1410. The lowest BCUT2D eigenvalue weighted by Gasteiger charge is -2.14. The van der Waals surface area contributed by atoms with Gasteiger partial charge >= 0.3 is 0 Å². The summed E-state index contributed by atoms with van der Waals surface area (Å²) in [5.74, 6) is 1.19. The summed E-state index contributed by atoms with van der Waals surface area (Å²) in [5, 5.41) is 11.8. The van der Waals surface area contributed by atoms with Crippen LogP contribution in [0, 0.1) is 13.8 Å². The molecule has 1 atom stereocenters. The minimum atomic E-state index is -0.319. The lowest BCUT2D eigenvalue weighted by Crippen LogP contribution is -2.23. The Balaban J connectivity index is 1.42. The van der Waals surface area contributed by atoms with Gasteiger partial charge in [-0.15, -0.1) is 10.2 Å². The highest BCUT2D eigenvalue weighted by molar-refractivity contribution is 7.99. The van der Waals surface area contributed by atoms with Crippen LogP contribution in [0.3, 0.4) is 0 Å². The van der Waals surface area contributed by atoms with Crippen molar-refractivity contribution in [1.29, 1.82) is 0 Å². The second-order valence-electron chi connectivity index (χ2n) is 8.25. The van der Waals surface area contributed by atoms with Crippen LogP contribution in [0.2, 0.25) is 0 Å². The normalized spacial score (nSPS) is 11.9. The number of nitrogens with one attached hydrogen (secondary N) is 1. The van der Waals surface area contributed by atoms with E-state index in [4.69, 9.17) is 4.74 Å². The number of anilines is 1. The number of amides is 1.